The number of nitrogens with zero attached hydrogens (tertiary/aromatic N) is 1. The molecule has 0 radical (unpaired) electrons. The van der Waals surface area contributed by atoms with Gasteiger partial charge in [0.15, 0.2) is 0 Å². The van der Waals surface area contributed by atoms with Crippen molar-refractivity contribution in [2.75, 3.05) is 5.32 Å². The van der Waals surface area contributed by atoms with Gasteiger partial charge in [-0.05, 0) is 34.1 Å². The molecule has 2 heterocycles. The van der Waals surface area contributed by atoms with Crippen molar-refractivity contribution < 1.29 is 4.79 Å². The van der Waals surface area contributed by atoms with Gasteiger partial charge in [-0.1, -0.05) is 0 Å². The number of aromatic nitrogens is 1. The molecule has 0 saturated carbocycles. The van der Waals surface area contributed by atoms with Crippen molar-refractivity contribution >= 4 is 38.9 Å². The van der Waals surface area contributed by atoms with E-state index in [9.17, 15) is 4.79 Å². The van der Waals surface area contributed by atoms with E-state index in [0.717, 1.165) is 15.2 Å². The molecule has 0 aliphatic carbocycles. The molecule has 2 aromatic heterocycles. The second-order valence-electron chi connectivity index (χ2n) is 3.36. The lowest BCUT2D eigenvalue weighted by atomic mass is 10.3. The van der Waals surface area contributed by atoms with E-state index >= 15 is 0 Å². The Hall–Kier alpha value is -1.40. The SMILES string of the molecule is NC(=O)c1csc(CNc2cccnc2Br)c1. The van der Waals surface area contributed by atoms with Crippen LogP contribution in [0.1, 0.15) is 15.2 Å². The zero-order valence-electron chi connectivity index (χ0n) is 8.81. The van der Waals surface area contributed by atoms with Crippen molar-refractivity contribution in [1.29, 1.82) is 0 Å². The monoisotopic (exact) mass is 311 g/mol. The normalized spacial score (nSPS) is 10.2. The maximum Gasteiger partial charge on any atom is 0.249 e. The van der Waals surface area contributed by atoms with Crippen LogP contribution in [0.3, 0.4) is 0 Å². The van der Waals surface area contributed by atoms with Crippen molar-refractivity contribution in [2.24, 2.45) is 5.73 Å². The number of nitrogens with two attached hydrogens (primary N) is 1. The van der Waals surface area contributed by atoms with Gasteiger partial charge < -0.3 is 11.1 Å². The Labute approximate surface area is 111 Å². The van der Waals surface area contributed by atoms with Crippen LogP contribution >= 0.6 is 27.3 Å². The lowest BCUT2D eigenvalue weighted by Gasteiger charge is -2.05. The number of nitrogens with one attached hydrogen (secondary N) is 1. The average molecular weight is 312 g/mol. The van der Waals surface area contributed by atoms with E-state index in [2.05, 4.69) is 26.2 Å². The summed E-state index contributed by atoms with van der Waals surface area (Å²) >= 11 is 4.86. The molecule has 2 aromatic rings. The summed E-state index contributed by atoms with van der Waals surface area (Å²) in [5.41, 5.74) is 6.66. The molecule has 0 aliphatic heterocycles. The highest BCUT2D eigenvalue weighted by Gasteiger charge is 2.05. The zero-order valence-corrected chi connectivity index (χ0v) is 11.2. The third-order valence-electron chi connectivity index (χ3n) is 2.15. The van der Waals surface area contributed by atoms with Crippen molar-refractivity contribution in [2.45, 2.75) is 6.54 Å². The van der Waals surface area contributed by atoms with Crippen LogP contribution in [0.4, 0.5) is 5.69 Å². The van der Waals surface area contributed by atoms with Gasteiger partial charge in [-0.25, -0.2) is 4.98 Å². The average Bonchev–Trinajstić information content (AvgIpc) is 2.77. The molecule has 0 aliphatic rings. The van der Waals surface area contributed by atoms with Crippen LogP contribution in [-0.2, 0) is 6.54 Å². The maximum atomic E-state index is 10.9. The number of thiophene rings is 1. The molecular weight excluding hydrogens is 302 g/mol. The molecule has 17 heavy (non-hydrogen) atoms. The summed E-state index contributed by atoms with van der Waals surface area (Å²) in [6, 6.07) is 5.58. The molecule has 0 atom stereocenters. The van der Waals surface area contributed by atoms with Gasteiger partial charge in [0.05, 0.1) is 11.3 Å². The first-order valence-electron chi connectivity index (χ1n) is 4.88. The number of carbonyl (C=O) groups is 1. The molecule has 2 rings (SSSR count). The van der Waals surface area contributed by atoms with Crippen LogP contribution in [0, 0.1) is 0 Å². The fraction of sp³-hybridized carbons (Fsp3) is 0.0909. The largest absolute Gasteiger partial charge is 0.378 e. The van der Waals surface area contributed by atoms with Crippen LogP contribution < -0.4 is 11.1 Å². The van der Waals surface area contributed by atoms with Crippen LogP contribution in [0.2, 0.25) is 0 Å². The van der Waals surface area contributed by atoms with E-state index in [1.807, 2.05) is 12.1 Å². The summed E-state index contributed by atoms with van der Waals surface area (Å²) in [5.74, 6) is -0.393. The Bertz CT molecular complexity index is 541. The van der Waals surface area contributed by atoms with Crippen molar-refractivity contribution in [3.63, 3.8) is 0 Å². The van der Waals surface area contributed by atoms with Gasteiger partial charge >= 0.3 is 0 Å². The van der Waals surface area contributed by atoms with Gasteiger partial charge in [0.25, 0.3) is 0 Å². The van der Waals surface area contributed by atoms with Crippen LogP contribution in [0.5, 0.6) is 0 Å². The number of pyridine rings is 1. The Kier molecular flexibility index (Phi) is 3.75. The molecule has 3 N–H and O–H groups in total. The zero-order chi connectivity index (χ0) is 12.3. The number of primary amides is 1. The molecule has 0 bridgehead atoms. The minimum Gasteiger partial charge on any atom is -0.378 e. The van der Waals surface area contributed by atoms with Crippen LogP contribution in [0.25, 0.3) is 0 Å². The second-order valence-corrected chi connectivity index (χ2v) is 5.11. The summed E-state index contributed by atoms with van der Waals surface area (Å²) in [6.45, 7) is 0.641. The van der Waals surface area contributed by atoms with Gasteiger partial charge in [-0.2, -0.15) is 0 Å². The van der Waals surface area contributed by atoms with Gasteiger partial charge in [-0.15, -0.1) is 11.3 Å². The first-order valence-corrected chi connectivity index (χ1v) is 6.55. The third kappa shape index (κ3) is 3.04. The summed E-state index contributed by atoms with van der Waals surface area (Å²) in [6.07, 6.45) is 1.71. The first kappa shape index (κ1) is 12.1. The minimum absolute atomic E-state index is 0.393. The van der Waals surface area contributed by atoms with E-state index in [0.29, 0.717) is 12.1 Å². The predicted molar refractivity (Wildman–Crippen MR) is 72.1 cm³/mol. The van der Waals surface area contributed by atoms with Gasteiger partial charge in [-0.3, -0.25) is 4.79 Å². The van der Waals surface area contributed by atoms with Crippen LogP contribution in [0.15, 0.2) is 34.4 Å². The highest BCUT2D eigenvalue weighted by molar-refractivity contribution is 9.10. The first-order chi connectivity index (χ1) is 8.16. The molecule has 0 spiro atoms. The smallest absolute Gasteiger partial charge is 0.249 e. The summed E-state index contributed by atoms with van der Waals surface area (Å²) in [4.78, 5) is 16.1. The summed E-state index contributed by atoms with van der Waals surface area (Å²) in [7, 11) is 0. The predicted octanol–water partition coefficient (Wildman–Crippen LogP) is 2.62. The van der Waals surface area contributed by atoms with Crippen molar-refractivity contribution in [3.05, 3.63) is 44.8 Å². The molecule has 4 nitrogen and oxygen atoms in total. The fourth-order valence-corrected chi connectivity index (χ4v) is 2.51. The standard InChI is InChI=1S/C11H10BrN3OS/c12-10-9(2-1-3-14-10)15-5-8-4-7(6-17-8)11(13)16/h1-4,6,15H,5H2,(H2,13,16). The van der Waals surface area contributed by atoms with E-state index in [4.69, 9.17) is 5.73 Å². The Morgan fingerprint density at radius 1 is 1.59 bits per heavy atom. The fourth-order valence-electron chi connectivity index (χ4n) is 1.30. The quantitative estimate of drug-likeness (QED) is 0.853. The van der Waals surface area contributed by atoms with Crippen molar-refractivity contribution in [1.82, 2.24) is 4.98 Å². The van der Waals surface area contributed by atoms with Gasteiger partial charge in [0.1, 0.15) is 4.60 Å². The Morgan fingerprint density at radius 3 is 3.06 bits per heavy atom. The molecule has 0 unspecified atom stereocenters. The van der Waals surface area contributed by atoms with Crippen molar-refractivity contribution in [3.8, 4) is 0 Å². The Balaban J connectivity index is 2.02. The summed E-state index contributed by atoms with van der Waals surface area (Å²) < 4.78 is 0.770. The number of halogens is 1. The number of carbonyl (C=O) groups excluding carboxylic acids is 1. The number of rotatable bonds is 4. The lowest BCUT2D eigenvalue weighted by Crippen LogP contribution is -2.09. The lowest BCUT2D eigenvalue weighted by molar-refractivity contribution is 0.100. The number of amides is 1. The molecule has 6 heteroatoms. The number of hydrogen-bond donors (Lipinski definition) is 2. The van der Waals surface area contributed by atoms with Crippen LogP contribution in [-0.4, -0.2) is 10.9 Å². The molecule has 88 valence electrons. The van der Waals surface area contributed by atoms with E-state index in [-0.39, 0.29) is 0 Å². The second kappa shape index (κ2) is 5.29. The van der Waals surface area contributed by atoms with Gasteiger partial charge in [0, 0.05) is 23.0 Å². The van der Waals surface area contributed by atoms with Gasteiger partial charge in [0.2, 0.25) is 5.91 Å². The molecule has 0 fully saturated rings. The number of anilines is 1. The molecule has 1 amide bonds. The van der Waals surface area contributed by atoms with E-state index in [1.165, 1.54) is 11.3 Å². The maximum absolute atomic E-state index is 10.9. The summed E-state index contributed by atoms with van der Waals surface area (Å²) in [5, 5.41) is 4.99. The third-order valence-corrected chi connectivity index (χ3v) is 3.72. The molecule has 0 aromatic carbocycles. The molecule has 0 saturated heterocycles. The Morgan fingerprint density at radius 2 is 2.41 bits per heavy atom. The molecular formula is C11H10BrN3OS. The highest BCUT2D eigenvalue weighted by atomic mass is 79.9. The topological polar surface area (TPSA) is 68.0 Å². The number of hydrogen-bond acceptors (Lipinski definition) is 4. The van der Waals surface area contributed by atoms with E-state index < -0.39 is 5.91 Å². The minimum atomic E-state index is -0.393. The van der Waals surface area contributed by atoms with E-state index in [1.54, 1.807) is 17.6 Å². The highest BCUT2D eigenvalue weighted by Crippen LogP contribution is 2.21.